The highest BCUT2D eigenvalue weighted by molar-refractivity contribution is 6.34. The van der Waals surface area contributed by atoms with Gasteiger partial charge in [-0.05, 0) is 12.1 Å². The van der Waals surface area contributed by atoms with Crippen LogP contribution in [0.1, 0.15) is 10.4 Å². The molecule has 0 radical (unpaired) electrons. The molecule has 5 nitrogen and oxygen atoms in total. The Kier molecular flexibility index (Phi) is 4.54. The Morgan fingerprint density at radius 1 is 1.56 bits per heavy atom. The van der Waals surface area contributed by atoms with Gasteiger partial charge in [-0.3, -0.25) is 0 Å². The van der Waals surface area contributed by atoms with Crippen molar-refractivity contribution in [3.05, 3.63) is 28.8 Å². The molecule has 0 fully saturated rings. The van der Waals surface area contributed by atoms with Gasteiger partial charge in [0.15, 0.2) is 0 Å². The quantitative estimate of drug-likeness (QED) is 0.529. The van der Waals surface area contributed by atoms with Gasteiger partial charge in [-0.1, -0.05) is 17.7 Å². The molecule has 0 saturated heterocycles. The summed E-state index contributed by atoms with van der Waals surface area (Å²) in [6.45, 7) is -0.786. The number of rotatable bonds is 4. The third kappa shape index (κ3) is 3.10. The Bertz CT molecular complexity index is 363. The van der Waals surface area contributed by atoms with Crippen LogP contribution in [0.4, 0.5) is 5.69 Å². The number of aliphatic hydroxyl groups is 2. The number of ether oxygens (including phenoxy) is 1. The monoisotopic (exact) mass is 245 g/mol. The Hall–Kier alpha value is -1.30. The van der Waals surface area contributed by atoms with Crippen LogP contribution in [0.5, 0.6) is 0 Å². The number of anilines is 1. The maximum absolute atomic E-state index is 11.5. The van der Waals surface area contributed by atoms with Crippen molar-refractivity contribution >= 4 is 23.3 Å². The Balaban J connectivity index is 2.73. The summed E-state index contributed by atoms with van der Waals surface area (Å²) >= 11 is 5.78. The van der Waals surface area contributed by atoms with Crippen LogP contribution in [0, 0.1) is 0 Å². The molecule has 0 saturated carbocycles. The van der Waals surface area contributed by atoms with Crippen molar-refractivity contribution < 1.29 is 19.7 Å². The average molecular weight is 246 g/mol. The molecule has 0 aliphatic carbocycles. The number of carbonyl (C=O) groups is 1. The summed E-state index contributed by atoms with van der Waals surface area (Å²) in [5, 5.41) is 17.7. The van der Waals surface area contributed by atoms with E-state index in [1.165, 1.54) is 12.1 Å². The average Bonchev–Trinajstić information content (AvgIpc) is 2.25. The fraction of sp³-hybridized carbons (Fsp3) is 0.300. The first-order valence-corrected chi connectivity index (χ1v) is 4.94. The Morgan fingerprint density at radius 3 is 2.81 bits per heavy atom. The van der Waals surface area contributed by atoms with Gasteiger partial charge in [0, 0.05) is 5.69 Å². The molecule has 4 N–H and O–H groups in total. The number of benzene rings is 1. The summed E-state index contributed by atoms with van der Waals surface area (Å²) in [7, 11) is 0. The predicted molar refractivity (Wildman–Crippen MR) is 59.2 cm³/mol. The van der Waals surface area contributed by atoms with E-state index in [9.17, 15) is 4.79 Å². The number of carbonyl (C=O) groups excluding carboxylic acids is 1. The van der Waals surface area contributed by atoms with Crippen molar-refractivity contribution in [3.8, 4) is 0 Å². The summed E-state index contributed by atoms with van der Waals surface area (Å²) in [5.74, 6) is -0.726. The molecule has 1 aromatic rings. The van der Waals surface area contributed by atoms with Crippen LogP contribution in [0.3, 0.4) is 0 Å². The molecule has 0 aliphatic rings. The SMILES string of the molecule is Nc1cccc(Cl)c1C(=O)OCC(O)CO. The zero-order chi connectivity index (χ0) is 12.1. The fourth-order valence-electron chi connectivity index (χ4n) is 1.05. The van der Waals surface area contributed by atoms with Crippen LogP contribution in [-0.2, 0) is 4.74 Å². The molecule has 0 aliphatic heterocycles. The molecular formula is C10H12ClNO4. The van der Waals surface area contributed by atoms with Gasteiger partial charge in [0.05, 0.1) is 11.6 Å². The topological polar surface area (TPSA) is 92.8 Å². The van der Waals surface area contributed by atoms with Gasteiger partial charge >= 0.3 is 5.97 Å². The molecule has 88 valence electrons. The van der Waals surface area contributed by atoms with Crippen LogP contribution >= 0.6 is 11.6 Å². The highest BCUT2D eigenvalue weighted by atomic mass is 35.5. The molecule has 6 heteroatoms. The van der Waals surface area contributed by atoms with Gasteiger partial charge < -0.3 is 20.7 Å². The van der Waals surface area contributed by atoms with Gasteiger partial charge in [0.25, 0.3) is 0 Å². The molecule has 1 rings (SSSR count). The van der Waals surface area contributed by atoms with Gasteiger partial charge in [-0.2, -0.15) is 0 Å². The second-order valence-corrected chi connectivity index (χ2v) is 3.55. The van der Waals surface area contributed by atoms with Gasteiger partial charge in [0.1, 0.15) is 18.3 Å². The molecule has 0 spiro atoms. The summed E-state index contributed by atoms with van der Waals surface area (Å²) in [6.07, 6.45) is -1.10. The minimum atomic E-state index is -1.10. The summed E-state index contributed by atoms with van der Waals surface area (Å²) in [5.41, 5.74) is 5.83. The second-order valence-electron chi connectivity index (χ2n) is 3.14. The molecule has 0 heterocycles. The van der Waals surface area contributed by atoms with E-state index in [1.54, 1.807) is 6.07 Å². The smallest absolute Gasteiger partial charge is 0.341 e. The van der Waals surface area contributed by atoms with Gasteiger partial charge in [-0.15, -0.1) is 0 Å². The maximum atomic E-state index is 11.5. The second kappa shape index (κ2) is 5.69. The van der Waals surface area contributed by atoms with Crippen molar-refractivity contribution in [1.82, 2.24) is 0 Å². The van der Waals surface area contributed by atoms with Crippen molar-refractivity contribution in [1.29, 1.82) is 0 Å². The first-order valence-electron chi connectivity index (χ1n) is 4.56. The van der Waals surface area contributed by atoms with Crippen molar-refractivity contribution in [2.45, 2.75) is 6.10 Å². The van der Waals surface area contributed by atoms with Gasteiger partial charge in [-0.25, -0.2) is 4.79 Å². The predicted octanol–water partition coefficient (Wildman–Crippen LogP) is 0.432. The number of nitrogen functional groups attached to an aromatic ring is 1. The summed E-state index contributed by atoms with van der Waals surface area (Å²) in [6, 6.07) is 4.64. The Morgan fingerprint density at radius 2 is 2.25 bits per heavy atom. The number of hydrogen-bond donors (Lipinski definition) is 3. The third-order valence-corrected chi connectivity index (χ3v) is 2.18. The molecule has 0 bridgehead atoms. The van der Waals surface area contributed by atoms with E-state index in [0.29, 0.717) is 0 Å². The largest absolute Gasteiger partial charge is 0.459 e. The highest BCUT2D eigenvalue weighted by Crippen LogP contribution is 2.22. The number of nitrogens with two attached hydrogens (primary N) is 1. The number of aliphatic hydroxyl groups excluding tert-OH is 2. The van der Waals surface area contributed by atoms with Crippen molar-refractivity contribution in [2.75, 3.05) is 18.9 Å². The first-order chi connectivity index (χ1) is 7.56. The molecule has 1 atom stereocenters. The van der Waals surface area contributed by atoms with Crippen LogP contribution in [0.25, 0.3) is 0 Å². The van der Waals surface area contributed by atoms with Crippen LogP contribution < -0.4 is 5.73 Å². The number of esters is 1. The summed E-state index contributed by atoms with van der Waals surface area (Å²) < 4.78 is 4.73. The molecule has 1 unspecified atom stereocenters. The lowest BCUT2D eigenvalue weighted by Crippen LogP contribution is -2.22. The zero-order valence-electron chi connectivity index (χ0n) is 8.39. The van der Waals surface area contributed by atoms with Crippen molar-refractivity contribution in [3.63, 3.8) is 0 Å². The number of halogens is 1. The van der Waals surface area contributed by atoms with Crippen LogP contribution in [0.2, 0.25) is 5.02 Å². The maximum Gasteiger partial charge on any atom is 0.341 e. The molecule has 0 amide bonds. The minimum absolute atomic E-state index is 0.0642. The highest BCUT2D eigenvalue weighted by Gasteiger charge is 2.16. The lowest BCUT2D eigenvalue weighted by Gasteiger charge is -2.10. The van der Waals surface area contributed by atoms with Crippen LogP contribution in [0.15, 0.2) is 18.2 Å². The molecule has 0 aromatic heterocycles. The lowest BCUT2D eigenvalue weighted by molar-refractivity contribution is 0.00942. The zero-order valence-corrected chi connectivity index (χ0v) is 9.15. The van der Waals surface area contributed by atoms with E-state index in [2.05, 4.69) is 0 Å². The minimum Gasteiger partial charge on any atom is -0.459 e. The molecule has 16 heavy (non-hydrogen) atoms. The van der Waals surface area contributed by atoms with Crippen molar-refractivity contribution in [2.24, 2.45) is 0 Å². The van der Waals surface area contributed by atoms with E-state index in [-0.39, 0.29) is 22.9 Å². The Labute approximate surface area is 97.4 Å². The summed E-state index contributed by atoms with van der Waals surface area (Å²) in [4.78, 5) is 11.5. The first kappa shape index (κ1) is 12.8. The standard InChI is InChI=1S/C10H12ClNO4/c11-7-2-1-3-8(12)9(7)10(15)16-5-6(14)4-13/h1-3,6,13-14H,4-5,12H2. The third-order valence-electron chi connectivity index (χ3n) is 1.87. The van der Waals surface area contributed by atoms with E-state index >= 15 is 0 Å². The number of hydrogen-bond acceptors (Lipinski definition) is 5. The van der Waals surface area contributed by atoms with Gasteiger partial charge in [0.2, 0.25) is 0 Å². The van der Waals surface area contributed by atoms with E-state index < -0.39 is 18.7 Å². The van der Waals surface area contributed by atoms with E-state index in [0.717, 1.165) is 0 Å². The van der Waals surface area contributed by atoms with E-state index in [4.69, 9.17) is 32.3 Å². The molecule has 1 aromatic carbocycles. The molecular weight excluding hydrogens is 234 g/mol. The lowest BCUT2D eigenvalue weighted by atomic mass is 10.2. The fourth-order valence-corrected chi connectivity index (χ4v) is 1.31. The van der Waals surface area contributed by atoms with Crippen LogP contribution in [-0.4, -0.2) is 35.5 Å². The normalized spacial score (nSPS) is 12.2. The van der Waals surface area contributed by atoms with E-state index in [1.807, 2.05) is 0 Å².